The number of aromatic hydroxyl groups is 1. The number of nitrogens with two attached hydrogens (primary N) is 1. The second kappa shape index (κ2) is 6.48. The van der Waals surface area contributed by atoms with Crippen LogP contribution in [0.4, 0.5) is 0 Å². The first-order chi connectivity index (χ1) is 9.60. The molecule has 4 nitrogen and oxygen atoms in total. The Kier molecular flexibility index (Phi) is 4.69. The third-order valence-electron chi connectivity index (χ3n) is 3.40. The number of rotatable bonds is 5. The summed E-state index contributed by atoms with van der Waals surface area (Å²) in [5.41, 5.74) is 9.95. The highest BCUT2D eigenvalue weighted by atomic mass is 16.3. The number of phenolic OH excluding ortho intramolecular Hbond substituents is 1. The lowest BCUT2D eigenvalue weighted by Crippen LogP contribution is -2.08. The number of aromatic nitrogens is 2. The molecular formula is C16H21N3O. The maximum absolute atomic E-state index is 9.29. The van der Waals surface area contributed by atoms with Crippen LogP contribution in [-0.2, 0) is 12.8 Å². The van der Waals surface area contributed by atoms with Gasteiger partial charge in [-0.3, -0.25) is 0 Å². The first kappa shape index (κ1) is 14.5. The predicted molar refractivity (Wildman–Crippen MR) is 79.8 cm³/mol. The normalized spacial score (nSPS) is 10.8. The van der Waals surface area contributed by atoms with Crippen molar-refractivity contribution in [3.8, 4) is 5.75 Å². The van der Waals surface area contributed by atoms with Gasteiger partial charge in [0, 0.05) is 17.8 Å². The van der Waals surface area contributed by atoms with Gasteiger partial charge in [0.1, 0.15) is 11.6 Å². The fraction of sp³-hybridized carbons (Fsp3) is 0.375. The second-order valence-electron chi connectivity index (χ2n) is 5.02. The lowest BCUT2D eigenvalue weighted by atomic mass is 10.1. The van der Waals surface area contributed by atoms with Crippen LogP contribution in [0.25, 0.3) is 0 Å². The summed E-state index contributed by atoms with van der Waals surface area (Å²) in [4.78, 5) is 9.18. The summed E-state index contributed by atoms with van der Waals surface area (Å²) in [6, 6.07) is 7.16. The van der Waals surface area contributed by atoms with Crippen molar-refractivity contribution in [1.82, 2.24) is 9.97 Å². The van der Waals surface area contributed by atoms with E-state index in [1.807, 2.05) is 26.0 Å². The molecule has 2 rings (SSSR count). The molecule has 0 aliphatic heterocycles. The van der Waals surface area contributed by atoms with Crippen molar-refractivity contribution in [2.24, 2.45) is 5.73 Å². The minimum Gasteiger partial charge on any atom is -0.508 e. The zero-order valence-corrected chi connectivity index (χ0v) is 12.1. The zero-order chi connectivity index (χ0) is 14.5. The van der Waals surface area contributed by atoms with Crippen molar-refractivity contribution in [3.63, 3.8) is 0 Å². The maximum Gasteiger partial charge on any atom is 0.133 e. The molecule has 0 radical (unpaired) electrons. The molecule has 0 aliphatic rings. The molecule has 106 valence electrons. The van der Waals surface area contributed by atoms with E-state index in [-0.39, 0.29) is 5.75 Å². The summed E-state index contributed by atoms with van der Waals surface area (Å²) in [7, 11) is 0. The Morgan fingerprint density at radius 3 is 2.20 bits per heavy atom. The van der Waals surface area contributed by atoms with Crippen molar-refractivity contribution in [1.29, 1.82) is 0 Å². The topological polar surface area (TPSA) is 72.0 Å². The summed E-state index contributed by atoms with van der Waals surface area (Å²) in [5.74, 6) is 1.10. The van der Waals surface area contributed by atoms with Gasteiger partial charge in [-0.2, -0.15) is 0 Å². The molecule has 3 N–H and O–H groups in total. The van der Waals surface area contributed by atoms with Crippen LogP contribution in [0.5, 0.6) is 5.75 Å². The third-order valence-corrected chi connectivity index (χ3v) is 3.40. The van der Waals surface area contributed by atoms with Crippen molar-refractivity contribution in [3.05, 3.63) is 52.6 Å². The quantitative estimate of drug-likeness (QED) is 0.875. The van der Waals surface area contributed by atoms with Gasteiger partial charge in [-0.25, -0.2) is 9.97 Å². The van der Waals surface area contributed by atoms with Crippen molar-refractivity contribution in [2.45, 2.75) is 33.1 Å². The van der Waals surface area contributed by atoms with E-state index in [0.29, 0.717) is 13.0 Å². The van der Waals surface area contributed by atoms with Crippen LogP contribution in [-0.4, -0.2) is 21.6 Å². The van der Waals surface area contributed by atoms with E-state index < -0.39 is 0 Å². The van der Waals surface area contributed by atoms with Crippen LogP contribution in [0.2, 0.25) is 0 Å². The fourth-order valence-corrected chi connectivity index (χ4v) is 2.33. The highest BCUT2D eigenvalue weighted by molar-refractivity contribution is 5.29. The van der Waals surface area contributed by atoms with Crippen LogP contribution in [0.3, 0.4) is 0 Å². The van der Waals surface area contributed by atoms with Crippen molar-refractivity contribution < 1.29 is 5.11 Å². The molecule has 0 unspecified atom stereocenters. The molecule has 0 aliphatic carbocycles. The first-order valence-corrected chi connectivity index (χ1v) is 6.91. The number of nitrogens with zero attached hydrogens (tertiary/aromatic N) is 2. The number of hydrogen-bond acceptors (Lipinski definition) is 4. The predicted octanol–water partition coefficient (Wildman–Crippen LogP) is 2.28. The molecule has 0 saturated heterocycles. The van der Waals surface area contributed by atoms with E-state index in [2.05, 4.69) is 9.97 Å². The number of benzene rings is 1. The van der Waals surface area contributed by atoms with Gasteiger partial charge in [-0.15, -0.1) is 0 Å². The molecule has 0 amide bonds. The molecule has 0 fully saturated rings. The molecule has 20 heavy (non-hydrogen) atoms. The molecule has 1 heterocycles. The van der Waals surface area contributed by atoms with Gasteiger partial charge < -0.3 is 10.8 Å². The molecule has 0 saturated carbocycles. The van der Waals surface area contributed by atoms with Gasteiger partial charge in [-0.1, -0.05) is 12.1 Å². The van der Waals surface area contributed by atoms with Crippen LogP contribution in [0.15, 0.2) is 24.3 Å². The number of aryl methyl sites for hydroxylation is 2. The van der Waals surface area contributed by atoms with Gasteiger partial charge in [-0.05, 0) is 56.5 Å². The molecule has 0 atom stereocenters. The van der Waals surface area contributed by atoms with Gasteiger partial charge in [0.05, 0.1) is 0 Å². The molecule has 0 spiro atoms. The number of hydrogen-bond donors (Lipinski definition) is 2. The van der Waals surface area contributed by atoms with E-state index in [9.17, 15) is 5.11 Å². The summed E-state index contributed by atoms with van der Waals surface area (Å²) < 4.78 is 0. The molecule has 0 bridgehead atoms. The Balaban J connectivity index is 2.19. The van der Waals surface area contributed by atoms with E-state index in [1.165, 1.54) is 5.56 Å². The molecule has 1 aromatic heterocycles. The second-order valence-corrected chi connectivity index (χ2v) is 5.02. The lowest BCUT2D eigenvalue weighted by molar-refractivity contribution is 0.475. The summed E-state index contributed by atoms with van der Waals surface area (Å²) in [5, 5.41) is 9.29. The minimum atomic E-state index is 0.277. The molecule has 2 aromatic rings. The first-order valence-electron chi connectivity index (χ1n) is 6.91. The van der Waals surface area contributed by atoms with Gasteiger partial charge in [0.2, 0.25) is 0 Å². The van der Waals surface area contributed by atoms with Crippen LogP contribution in [0, 0.1) is 13.8 Å². The Morgan fingerprint density at radius 1 is 1.05 bits per heavy atom. The third kappa shape index (κ3) is 3.54. The summed E-state index contributed by atoms with van der Waals surface area (Å²) in [6.45, 7) is 4.75. The minimum absolute atomic E-state index is 0.277. The standard InChI is InChI=1S/C16H21N3O/c1-11-15(4-3-9-17)12(2)19-16(18-11)10-13-5-7-14(20)8-6-13/h5-8,20H,3-4,9-10,17H2,1-2H3. The van der Waals surface area contributed by atoms with Gasteiger partial charge in [0.15, 0.2) is 0 Å². The van der Waals surface area contributed by atoms with E-state index in [0.717, 1.165) is 35.6 Å². The molecule has 4 heteroatoms. The van der Waals surface area contributed by atoms with E-state index in [4.69, 9.17) is 5.73 Å². The van der Waals surface area contributed by atoms with Gasteiger partial charge in [0.25, 0.3) is 0 Å². The Labute approximate surface area is 119 Å². The SMILES string of the molecule is Cc1nc(Cc2ccc(O)cc2)nc(C)c1CCCN. The summed E-state index contributed by atoms with van der Waals surface area (Å²) >= 11 is 0. The Hall–Kier alpha value is -1.94. The monoisotopic (exact) mass is 271 g/mol. The van der Waals surface area contributed by atoms with Gasteiger partial charge >= 0.3 is 0 Å². The summed E-state index contributed by atoms with van der Waals surface area (Å²) in [6.07, 6.45) is 2.58. The Bertz CT molecular complexity index is 556. The van der Waals surface area contributed by atoms with Crippen LogP contribution < -0.4 is 5.73 Å². The van der Waals surface area contributed by atoms with Crippen LogP contribution >= 0.6 is 0 Å². The molecule has 1 aromatic carbocycles. The van der Waals surface area contributed by atoms with Crippen molar-refractivity contribution in [2.75, 3.05) is 6.54 Å². The lowest BCUT2D eigenvalue weighted by Gasteiger charge is -2.10. The highest BCUT2D eigenvalue weighted by Gasteiger charge is 2.08. The maximum atomic E-state index is 9.29. The van der Waals surface area contributed by atoms with E-state index in [1.54, 1.807) is 12.1 Å². The fourth-order valence-electron chi connectivity index (χ4n) is 2.33. The van der Waals surface area contributed by atoms with E-state index >= 15 is 0 Å². The van der Waals surface area contributed by atoms with Crippen LogP contribution in [0.1, 0.15) is 34.8 Å². The highest BCUT2D eigenvalue weighted by Crippen LogP contribution is 2.16. The largest absolute Gasteiger partial charge is 0.508 e. The van der Waals surface area contributed by atoms with Crippen molar-refractivity contribution >= 4 is 0 Å². The average molecular weight is 271 g/mol. The average Bonchev–Trinajstić information content (AvgIpc) is 2.41. The Morgan fingerprint density at radius 2 is 1.65 bits per heavy atom. The number of phenols is 1. The smallest absolute Gasteiger partial charge is 0.133 e. The zero-order valence-electron chi connectivity index (χ0n) is 12.1. The molecular weight excluding hydrogens is 250 g/mol.